The molecule has 26 heavy (non-hydrogen) atoms. The second-order valence-corrected chi connectivity index (χ2v) is 5.96. The summed E-state index contributed by atoms with van der Waals surface area (Å²) in [4.78, 5) is 13.0. The normalized spacial score (nSPS) is 15.7. The quantitative estimate of drug-likeness (QED) is 0.905. The van der Waals surface area contributed by atoms with Crippen molar-refractivity contribution in [2.75, 3.05) is 14.2 Å². The van der Waals surface area contributed by atoms with Gasteiger partial charge in [0.15, 0.2) is 0 Å². The Kier molecular flexibility index (Phi) is 4.34. The van der Waals surface area contributed by atoms with E-state index in [-0.39, 0.29) is 17.0 Å². The van der Waals surface area contributed by atoms with Gasteiger partial charge in [-0.3, -0.25) is 4.79 Å². The van der Waals surface area contributed by atoms with E-state index in [0.29, 0.717) is 28.4 Å². The zero-order chi connectivity index (χ0) is 19.0. The number of ether oxygens (including phenoxy) is 3. The molecule has 1 unspecified atom stereocenters. The maximum atomic E-state index is 13.0. The highest BCUT2D eigenvalue weighted by molar-refractivity contribution is 5.59. The molecule has 3 rings (SSSR count). The molecule has 0 saturated carbocycles. The highest BCUT2D eigenvalue weighted by Gasteiger charge is 2.35. The molecule has 1 aromatic heterocycles. The van der Waals surface area contributed by atoms with E-state index in [1.807, 2.05) is 0 Å². The molecule has 1 aliphatic heterocycles. The number of allylic oxidation sites excluding steroid dienone is 1. The van der Waals surface area contributed by atoms with Crippen LogP contribution in [0.2, 0.25) is 0 Å². The Morgan fingerprint density at radius 2 is 2.00 bits per heavy atom. The van der Waals surface area contributed by atoms with Gasteiger partial charge in [0.05, 0.1) is 25.7 Å². The molecule has 2 aromatic rings. The van der Waals surface area contributed by atoms with Crippen LogP contribution in [0.25, 0.3) is 0 Å². The third kappa shape index (κ3) is 2.56. The lowest BCUT2D eigenvalue weighted by molar-refractivity contribution is 0.380. The number of fused-ring (bicyclic) bond motifs is 1. The number of nitriles is 1. The van der Waals surface area contributed by atoms with Crippen molar-refractivity contribution in [3.63, 3.8) is 0 Å². The molecule has 0 fully saturated rings. The van der Waals surface area contributed by atoms with Crippen molar-refractivity contribution in [1.29, 1.82) is 5.26 Å². The van der Waals surface area contributed by atoms with E-state index in [2.05, 4.69) is 6.07 Å². The maximum Gasteiger partial charge on any atom is 0.258 e. The minimum absolute atomic E-state index is 0.0254. The van der Waals surface area contributed by atoms with Crippen molar-refractivity contribution in [2.24, 2.45) is 12.8 Å². The molecular formula is C19H19N3O4. The SMILES string of the molecule is COc1ccc(OC)c(C2C(C#N)=C(N)Oc3cc(C)n(C)c(=O)c32)c1. The van der Waals surface area contributed by atoms with Crippen molar-refractivity contribution in [2.45, 2.75) is 12.8 Å². The molecule has 0 saturated heterocycles. The molecule has 0 spiro atoms. The predicted octanol–water partition coefficient (Wildman–Crippen LogP) is 1.93. The largest absolute Gasteiger partial charge is 0.497 e. The first kappa shape index (κ1) is 17.4. The number of aromatic nitrogens is 1. The maximum absolute atomic E-state index is 13.0. The van der Waals surface area contributed by atoms with E-state index in [9.17, 15) is 10.1 Å². The first-order valence-electron chi connectivity index (χ1n) is 7.93. The van der Waals surface area contributed by atoms with Gasteiger partial charge in [-0.15, -0.1) is 0 Å². The van der Waals surface area contributed by atoms with Gasteiger partial charge >= 0.3 is 0 Å². The molecule has 1 aliphatic rings. The third-order valence-electron chi connectivity index (χ3n) is 4.60. The molecule has 0 aliphatic carbocycles. The Balaban J connectivity index is 2.39. The van der Waals surface area contributed by atoms with E-state index in [4.69, 9.17) is 19.9 Å². The van der Waals surface area contributed by atoms with E-state index in [1.54, 1.807) is 45.3 Å². The second-order valence-electron chi connectivity index (χ2n) is 5.96. The topological polar surface area (TPSA) is 99.5 Å². The van der Waals surface area contributed by atoms with Gasteiger partial charge in [0.2, 0.25) is 5.88 Å². The number of pyridine rings is 1. The Bertz CT molecular complexity index is 1010. The van der Waals surface area contributed by atoms with Crippen LogP contribution in [0.15, 0.2) is 40.5 Å². The lowest BCUT2D eigenvalue weighted by Gasteiger charge is -2.27. The predicted molar refractivity (Wildman–Crippen MR) is 95.3 cm³/mol. The van der Waals surface area contributed by atoms with Crippen LogP contribution in [-0.2, 0) is 7.05 Å². The van der Waals surface area contributed by atoms with Crippen molar-refractivity contribution in [3.8, 4) is 23.3 Å². The van der Waals surface area contributed by atoms with Crippen LogP contribution < -0.4 is 25.5 Å². The van der Waals surface area contributed by atoms with Crippen molar-refractivity contribution >= 4 is 0 Å². The molecule has 2 heterocycles. The van der Waals surface area contributed by atoms with Gasteiger partial charge in [0, 0.05) is 24.4 Å². The Morgan fingerprint density at radius 3 is 2.62 bits per heavy atom. The lowest BCUT2D eigenvalue weighted by atomic mass is 9.83. The van der Waals surface area contributed by atoms with Crippen molar-refractivity contribution in [1.82, 2.24) is 4.57 Å². The Morgan fingerprint density at radius 1 is 1.27 bits per heavy atom. The number of aryl methyl sites for hydroxylation is 1. The molecule has 1 aromatic carbocycles. The first-order valence-corrected chi connectivity index (χ1v) is 7.93. The standard InChI is InChI=1S/C19H19N3O4/c1-10-7-15-17(19(23)22(10)2)16(13(9-20)18(21)26-15)12-8-11(24-3)5-6-14(12)25-4/h5-8,16H,21H2,1-4H3. The van der Waals surface area contributed by atoms with E-state index in [1.165, 1.54) is 11.7 Å². The summed E-state index contributed by atoms with van der Waals surface area (Å²) in [5.74, 6) is 0.702. The van der Waals surface area contributed by atoms with Crippen LogP contribution in [0.5, 0.6) is 17.2 Å². The molecule has 0 bridgehead atoms. The number of nitrogens with zero attached hydrogens (tertiary/aromatic N) is 2. The summed E-state index contributed by atoms with van der Waals surface area (Å²) in [6, 6.07) is 9.02. The van der Waals surface area contributed by atoms with Gasteiger partial charge < -0.3 is 24.5 Å². The lowest BCUT2D eigenvalue weighted by Crippen LogP contribution is -2.31. The third-order valence-corrected chi connectivity index (χ3v) is 4.60. The van der Waals surface area contributed by atoms with Gasteiger partial charge in [-0.2, -0.15) is 5.26 Å². The van der Waals surface area contributed by atoms with Crippen LogP contribution >= 0.6 is 0 Å². The van der Waals surface area contributed by atoms with Gasteiger partial charge in [0.1, 0.15) is 28.9 Å². The second kappa shape index (κ2) is 6.48. The Hall–Kier alpha value is -3.40. The van der Waals surface area contributed by atoms with Crippen LogP contribution in [-0.4, -0.2) is 18.8 Å². The fourth-order valence-corrected chi connectivity index (χ4v) is 3.12. The zero-order valence-electron chi connectivity index (χ0n) is 15.0. The van der Waals surface area contributed by atoms with Crippen LogP contribution in [0.3, 0.4) is 0 Å². The summed E-state index contributed by atoms with van der Waals surface area (Å²) in [7, 11) is 4.74. The summed E-state index contributed by atoms with van der Waals surface area (Å²) in [5.41, 5.74) is 7.56. The average molecular weight is 353 g/mol. The Labute approximate surface area is 150 Å². The highest BCUT2D eigenvalue weighted by atomic mass is 16.5. The van der Waals surface area contributed by atoms with E-state index >= 15 is 0 Å². The summed E-state index contributed by atoms with van der Waals surface area (Å²) in [5, 5.41) is 9.67. The number of methoxy groups -OCH3 is 2. The van der Waals surface area contributed by atoms with Crippen molar-refractivity contribution < 1.29 is 14.2 Å². The molecule has 7 nitrogen and oxygen atoms in total. The molecule has 2 N–H and O–H groups in total. The van der Waals surface area contributed by atoms with E-state index < -0.39 is 5.92 Å². The highest BCUT2D eigenvalue weighted by Crippen LogP contribution is 2.44. The summed E-state index contributed by atoms with van der Waals surface area (Å²) in [6.45, 7) is 1.80. The number of nitrogens with two attached hydrogens (primary N) is 1. The zero-order valence-corrected chi connectivity index (χ0v) is 15.0. The summed E-state index contributed by atoms with van der Waals surface area (Å²) < 4.78 is 17.9. The van der Waals surface area contributed by atoms with Gasteiger partial charge in [-0.1, -0.05) is 0 Å². The molecule has 0 radical (unpaired) electrons. The monoisotopic (exact) mass is 353 g/mol. The summed E-state index contributed by atoms with van der Waals surface area (Å²) in [6.07, 6.45) is 0. The molecule has 7 heteroatoms. The minimum Gasteiger partial charge on any atom is -0.497 e. The number of hydrogen-bond donors (Lipinski definition) is 1. The minimum atomic E-state index is -0.715. The smallest absolute Gasteiger partial charge is 0.258 e. The van der Waals surface area contributed by atoms with Crippen LogP contribution in [0.4, 0.5) is 0 Å². The van der Waals surface area contributed by atoms with Gasteiger partial charge in [0.25, 0.3) is 5.56 Å². The number of rotatable bonds is 3. The number of benzene rings is 1. The van der Waals surface area contributed by atoms with Gasteiger partial charge in [-0.05, 0) is 25.1 Å². The molecular weight excluding hydrogens is 334 g/mol. The van der Waals surface area contributed by atoms with Gasteiger partial charge in [-0.25, -0.2) is 0 Å². The average Bonchev–Trinajstić information content (AvgIpc) is 2.64. The molecule has 1 atom stereocenters. The molecule has 134 valence electrons. The van der Waals surface area contributed by atoms with Crippen molar-refractivity contribution in [3.05, 3.63) is 62.9 Å². The van der Waals surface area contributed by atoms with Crippen LogP contribution in [0.1, 0.15) is 22.7 Å². The van der Waals surface area contributed by atoms with Crippen LogP contribution in [0, 0.1) is 18.3 Å². The fraction of sp³-hybridized carbons (Fsp3) is 0.263. The first-order chi connectivity index (χ1) is 12.4. The summed E-state index contributed by atoms with van der Waals surface area (Å²) >= 11 is 0. The number of hydrogen-bond acceptors (Lipinski definition) is 6. The molecule has 0 amide bonds. The fourth-order valence-electron chi connectivity index (χ4n) is 3.12. The van der Waals surface area contributed by atoms with E-state index in [0.717, 1.165) is 5.69 Å².